The van der Waals surface area contributed by atoms with E-state index in [1.165, 1.54) is 19.3 Å². The zero-order valence-electron chi connectivity index (χ0n) is 12.6. The molecule has 0 bridgehead atoms. The normalized spacial score (nSPS) is 16.2. The predicted octanol–water partition coefficient (Wildman–Crippen LogP) is 2.67. The lowest BCUT2D eigenvalue weighted by molar-refractivity contribution is 0.0922. The van der Waals surface area contributed by atoms with Crippen molar-refractivity contribution in [1.29, 1.82) is 0 Å². The summed E-state index contributed by atoms with van der Waals surface area (Å²) in [6, 6.07) is 2.28. The maximum atomic E-state index is 12.3. The van der Waals surface area contributed by atoms with E-state index in [0.29, 0.717) is 17.7 Å². The zero-order chi connectivity index (χ0) is 14.5. The molecular formula is C15H24N4O. The third-order valence-corrected chi connectivity index (χ3v) is 3.45. The second-order valence-electron chi connectivity index (χ2n) is 5.83. The highest BCUT2D eigenvalue weighted by atomic mass is 16.1. The molecule has 5 nitrogen and oxygen atoms in total. The Morgan fingerprint density at radius 1 is 1.25 bits per heavy atom. The van der Waals surface area contributed by atoms with Gasteiger partial charge in [0.25, 0.3) is 5.91 Å². The van der Waals surface area contributed by atoms with Crippen LogP contribution >= 0.6 is 0 Å². The smallest absolute Gasteiger partial charge is 0.270 e. The van der Waals surface area contributed by atoms with Crippen LogP contribution in [0, 0.1) is 6.92 Å². The number of anilines is 1. The molecular weight excluding hydrogens is 252 g/mol. The van der Waals surface area contributed by atoms with Crippen LogP contribution in [0.4, 0.5) is 5.95 Å². The molecule has 0 saturated heterocycles. The molecule has 0 spiro atoms. The number of nitrogens with one attached hydrogen (secondary N) is 2. The fourth-order valence-electron chi connectivity index (χ4n) is 2.51. The topological polar surface area (TPSA) is 66.9 Å². The van der Waals surface area contributed by atoms with Crippen molar-refractivity contribution in [2.45, 2.75) is 65.0 Å². The number of aryl methyl sites for hydroxylation is 1. The number of nitrogens with zero attached hydrogens (tertiary/aromatic N) is 2. The summed E-state index contributed by atoms with van der Waals surface area (Å²) in [6.07, 6.45) is 5.84. The minimum Gasteiger partial charge on any atom is -0.352 e. The van der Waals surface area contributed by atoms with Crippen molar-refractivity contribution in [3.8, 4) is 0 Å². The standard InChI is InChI=1S/C15H24N4O/c1-10(2)16-15-17-11(3)9-13(19-15)14(20)18-12-7-5-4-6-8-12/h9-10,12H,4-8H2,1-3H3,(H,18,20)(H,16,17,19). The molecule has 110 valence electrons. The van der Waals surface area contributed by atoms with E-state index in [-0.39, 0.29) is 11.9 Å². The summed E-state index contributed by atoms with van der Waals surface area (Å²) in [5.74, 6) is 0.433. The Morgan fingerprint density at radius 2 is 1.95 bits per heavy atom. The largest absolute Gasteiger partial charge is 0.352 e. The van der Waals surface area contributed by atoms with Crippen molar-refractivity contribution in [3.05, 3.63) is 17.5 Å². The van der Waals surface area contributed by atoms with Gasteiger partial charge in [0.15, 0.2) is 0 Å². The van der Waals surface area contributed by atoms with Crippen LogP contribution in [-0.4, -0.2) is 28.0 Å². The summed E-state index contributed by atoms with van der Waals surface area (Å²) in [5, 5.41) is 6.23. The van der Waals surface area contributed by atoms with Crippen LogP contribution in [-0.2, 0) is 0 Å². The summed E-state index contributed by atoms with van der Waals surface area (Å²) in [6.45, 7) is 5.92. The molecule has 2 rings (SSSR count). The Bertz CT molecular complexity index is 467. The average molecular weight is 276 g/mol. The number of hydrogen-bond acceptors (Lipinski definition) is 4. The monoisotopic (exact) mass is 276 g/mol. The van der Waals surface area contributed by atoms with Crippen molar-refractivity contribution < 1.29 is 4.79 Å². The summed E-state index contributed by atoms with van der Waals surface area (Å²) < 4.78 is 0. The maximum Gasteiger partial charge on any atom is 0.270 e. The zero-order valence-corrected chi connectivity index (χ0v) is 12.6. The van der Waals surface area contributed by atoms with Gasteiger partial charge in [0, 0.05) is 17.8 Å². The van der Waals surface area contributed by atoms with Gasteiger partial charge in [-0.2, -0.15) is 0 Å². The highest BCUT2D eigenvalue weighted by molar-refractivity contribution is 5.92. The van der Waals surface area contributed by atoms with E-state index in [9.17, 15) is 4.79 Å². The molecule has 0 aromatic carbocycles. The maximum absolute atomic E-state index is 12.3. The van der Waals surface area contributed by atoms with Crippen LogP contribution in [0.3, 0.4) is 0 Å². The van der Waals surface area contributed by atoms with Gasteiger partial charge in [-0.15, -0.1) is 0 Å². The van der Waals surface area contributed by atoms with E-state index in [1.807, 2.05) is 20.8 Å². The van der Waals surface area contributed by atoms with Gasteiger partial charge in [0.2, 0.25) is 5.95 Å². The lowest BCUT2D eigenvalue weighted by Crippen LogP contribution is -2.36. The molecule has 1 saturated carbocycles. The highest BCUT2D eigenvalue weighted by Gasteiger charge is 2.18. The average Bonchev–Trinajstić information content (AvgIpc) is 2.38. The minimum atomic E-state index is -0.0887. The van der Waals surface area contributed by atoms with Crippen LogP contribution < -0.4 is 10.6 Å². The van der Waals surface area contributed by atoms with Crippen molar-refractivity contribution >= 4 is 11.9 Å². The number of carbonyl (C=O) groups is 1. The van der Waals surface area contributed by atoms with E-state index in [1.54, 1.807) is 6.07 Å². The van der Waals surface area contributed by atoms with Crippen LogP contribution in [0.1, 0.15) is 62.1 Å². The number of rotatable bonds is 4. The van der Waals surface area contributed by atoms with Gasteiger partial charge in [-0.05, 0) is 39.7 Å². The first kappa shape index (κ1) is 14.8. The SMILES string of the molecule is Cc1cc(C(=O)NC2CCCCC2)nc(NC(C)C)n1. The molecule has 1 heterocycles. The summed E-state index contributed by atoms with van der Waals surface area (Å²) in [4.78, 5) is 20.9. The van der Waals surface area contributed by atoms with Gasteiger partial charge in [-0.3, -0.25) is 4.79 Å². The predicted molar refractivity (Wildman–Crippen MR) is 79.9 cm³/mol. The molecule has 1 aliphatic carbocycles. The van der Waals surface area contributed by atoms with Crippen molar-refractivity contribution in [3.63, 3.8) is 0 Å². The lowest BCUT2D eigenvalue weighted by Gasteiger charge is -2.22. The van der Waals surface area contributed by atoms with E-state index in [2.05, 4.69) is 20.6 Å². The van der Waals surface area contributed by atoms with Crippen molar-refractivity contribution in [1.82, 2.24) is 15.3 Å². The summed E-state index contributed by atoms with van der Waals surface area (Å²) in [7, 11) is 0. The van der Waals surface area contributed by atoms with E-state index in [0.717, 1.165) is 18.5 Å². The highest BCUT2D eigenvalue weighted by Crippen LogP contribution is 2.18. The lowest BCUT2D eigenvalue weighted by atomic mass is 9.95. The van der Waals surface area contributed by atoms with Gasteiger partial charge in [-0.1, -0.05) is 19.3 Å². The number of hydrogen-bond donors (Lipinski definition) is 2. The molecule has 20 heavy (non-hydrogen) atoms. The molecule has 1 amide bonds. The van der Waals surface area contributed by atoms with Gasteiger partial charge in [0.05, 0.1) is 0 Å². The van der Waals surface area contributed by atoms with Crippen molar-refractivity contribution in [2.75, 3.05) is 5.32 Å². The van der Waals surface area contributed by atoms with Crippen LogP contribution in [0.5, 0.6) is 0 Å². The molecule has 5 heteroatoms. The number of carbonyl (C=O) groups excluding carboxylic acids is 1. The Balaban J connectivity index is 2.06. The van der Waals surface area contributed by atoms with Gasteiger partial charge >= 0.3 is 0 Å². The second-order valence-corrected chi connectivity index (χ2v) is 5.83. The third kappa shape index (κ3) is 4.18. The summed E-state index contributed by atoms with van der Waals surface area (Å²) >= 11 is 0. The first-order valence-corrected chi connectivity index (χ1v) is 7.47. The fraction of sp³-hybridized carbons (Fsp3) is 0.667. The molecule has 0 atom stereocenters. The van der Waals surface area contributed by atoms with Crippen molar-refractivity contribution in [2.24, 2.45) is 0 Å². The van der Waals surface area contributed by atoms with Gasteiger partial charge < -0.3 is 10.6 Å². The fourth-order valence-corrected chi connectivity index (χ4v) is 2.51. The Labute approximate surface area is 120 Å². The number of aromatic nitrogens is 2. The van der Waals surface area contributed by atoms with Crippen LogP contribution in [0.2, 0.25) is 0 Å². The molecule has 0 radical (unpaired) electrons. The molecule has 2 N–H and O–H groups in total. The van der Waals surface area contributed by atoms with E-state index in [4.69, 9.17) is 0 Å². The Morgan fingerprint density at radius 3 is 2.60 bits per heavy atom. The van der Waals surface area contributed by atoms with Gasteiger partial charge in [0.1, 0.15) is 5.69 Å². The Hall–Kier alpha value is -1.65. The first-order chi connectivity index (χ1) is 9.54. The molecule has 0 unspecified atom stereocenters. The summed E-state index contributed by atoms with van der Waals surface area (Å²) in [5.41, 5.74) is 1.25. The molecule has 1 aromatic heterocycles. The second kappa shape index (κ2) is 6.68. The molecule has 1 fully saturated rings. The third-order valence-electron chi connectivity index (χ3n) is 3.45. The molecule has 1 aromatic rings. The van der Waals surface area contributed by atoms with Crippen LogP contribution in [0.15, 0.2) is 6.07 Å². The first-order valence-electron chi connectivity index (χ1n) is 7.47. The quantitative estimate of drug-likeness (QED) is 0.887. The molecule has 0 aliphatic heterocycles. The van der Waals surface area contributed by atoms with E-state index >= 15 is 0 Å². The Kier molecular flexibility index (Phi) is 4.93. The molecule has 1 aliphatic rings. The van der Waals surface area contributed by atoms with Crippen LogP contribution in [0.25, 0.3) is 0 Å². The van der Waals surface area contributed by atoms with E-state index < -0.39 is 0 Å². The number of amides is 1. The minimum absolute atomic E-state index is 0.0887. The van der Waals surface area contributed by atoms with Gasteiger partial charge in [-0.25, -0.2) is 9.97 Å².